The van der Waals surface area contributed by atoms with Crippen LogP contribution in [0.25, 0.3) is 10.8 Å². The molecule has 2 nitrogen and oxygen atoms in total. The highest BCUT2D eigenvalue weighted by Crippen LogP contribution is 2.31. The minimum absolute atomic E-state index is 0.0401. The number of hydrogen-bond acceptors (Lipinski definition) is 1. The van der Waals surface area contributed by atoms with Gasteiger partial charge < -0.3 is 4.57 Å². The fourth-order valence-electron chi connectivity index (χ4n) is 2.17. The first-order valence-electron chi connectivity index (χ1n) is 6.16. The zero-order valence-corrected chi connectivity index (χ0v) is 11.2. The standard InChI is InChI=1S/C15H18FNO/c1-5-15(2,3)13-9-17(4)14(18)12-8-10(16)6-7-11(12)13/h6-9H,5H2,1-4H3. The summed E-state index contributed by atoms with van der Waals surface area (Å²) in [5.74, 6) is -0.369. The van der Waals surface area contributed by atoms with Gasteiger partial charge in [-0.3, -0.25) is 4.79 Å². The molecule has 1 aromatic heterocycles. The molecular weight excluding hydrogens is 229 g/mol. The summed E-state index contributed by atoms with van der Waals surface area (Å²) in [4.78, 5) is 12.0. The Kier molecular flexibility index (Phi) is 3.01. The number of halogens is 1. The molecule has 0 aliphatic rings. The molecule has 0 aliphatic carbocycles. The van der Waals surface area contributed by atoms with Crippen molar-refractivity contribution in [2.24, 2.45) is 7.05 Å². The minimum Gasteiger partial charge on any atom is -0.318 e. The fourth-order valence-corrected chi connectivity index (χ4v) is 2.17. The van der Waals surface area contributed by atoms with Crippen LogP contribution in [-0.4, -0.2) is 4.57 Å². The lowest BCUT2D eigenvalue weighted by Crippen LogP contribution is -2.23. The molecule has 0 atom stereocenters. The molecule has 0 amide bonds. The topological polar surface area (TPSA) is 22.0 Å². The molecule has 2 aromatic rings. The summed E-state index contributed by atoms with van der Waals surface area (Å²) in [6.07, 6.45) is 2.82. The van der Waals surface area contributed by atoms with Crippen LogP contribution in [0.3, 0.4) is 0 Å². The van der Waals surface area contributed by atoms with E-state index >= 15 is 0 Å². The van der Waals surface area contributed by atoms with Gasteiger partial charge in [0.1, 0.15) is 5.82 Å². The molecule has 0 saturated carbocycles. The fraction of sp³-hybridized carbons (Fsp3) is 0.400. The monoisotopic (exact) mass is 247 g/mol. The van der Waals surface area contributed by atoms with E-state index in [0.29, 0.717) is 5.39 Å². The molecule has 3 heteroatoms. The molecule has 0 unspecified atom stereocenters. The predicted molar refractivity (Wildman–Crippen MR) is 72.5 cm³/mol. The lowest BCUT2D eigenvalue weighted by molar-refractivity contribution is 0.505. The van der Waals surface area contributed by atoms with E-state index in [4.69, 9.17) is 0 Å². The smallest absolute Gasteiger partial charge is 0.258 e. The van der Waals surface area contributed by atoms with Crippen LogP contribution in [0.4, 0.5) is 4.39 Å². The van der Waals surface area contributed by atoms with Crippen molar-refractivity contribution in [1.82, 2.24) is 4.57 Å². The van der Waals surface area contributed by atoms with Crippen LogP contribution in [0.2, 0.25) is 0 Å². The molecule has 18 heavy (non-hydrogen) atoms. The minimum atomic E-state index is -0.369. The quantitative estimate of drug-likeness (QED) is 0.797. The average molecular weight is 247 g/mol. The van der Waals surface area contributed by atoms with Gasteiger partial charge in [-0.15, -0.1) is 0 Å². The molecule has 0 spiro atoms. The van der Waals surface area contributed by atoms with Crippen LogP contribution in [0, 0.1) is 5.82 Å². The molecule has 0 fully saturated rings. The molecule has 0 saturated heterocycles. The van der Waals surface area contributed by atoms with E-state index < -0.39 is 0 Å². The summed E-state index contributed by atoms with van der Waals surface area (Å²) in [5, 5.41) is 1.31. The number of fused-ring (bicyclic) bond motifs is 1. The van der Waals surface area contributed by atoms with Gasteiger partial charge >= 0.3 is 0 Å². The zero-order chi connectivity index (χ0) is 13.5. The third-order valence-corrected chi connectivity index (χ3v) is 3.76. The largest absolute Gasteiger partial charge is 0.318 e. The number of nitrogens with zero attached hydrogens (tertiary/aromatic N) is 1. The third kappa shape index (κ3) is 1.94. The summed E-state index contributed by atoms with van der Waals surface area (Å²) >= 11 is 0. The summed E-state index contributed by atoms with van der Waals surface area (Å²) in [7, 11) is 1.71. The van der Waals surface area contributed by atoms with Crippen molar-refractivity contribution in [3.05, 3.63) is 46.1 Å². The summed E-state index contributed by atoms with van der Waals surface area (Å²) in [5.41, 5.74) is 0.893. The van der Waals surface area contributed by atoms with E-state index in [1.54, 1.807) is 13.1 Å². The van der Waals surface area contributed by atoms with Crippen LogP contribution >= 0.6 is 0 Å². The first kappa shape index (κ1) is 12.8. The molecular formula is C15H18FNO. The predicted octanol–water partition coefficient (Wildman–Crippen LogP) is 3.37. The van der Waals surface area contributed by atoms with E-state index in [2.05, 4.69) is 20.8 Å². The Morgan fingerprint density at radius 1 is 1.28 bits per heavy atom. The van der Waals surface area contributed by atoms with Gasteiger partial charge in [0.25, 0.3) is 5.56 Å². The molecule has 0 radical (unpaired) electrons. The van der Waals surface area contributed by atoms with Crippen LogP contribution < -0.4 is 5.56 Å². The maximum Gasteiger partial charge on any atom is 0.258 e. The zero-order valence-electron chi connectivity index (χ0n) is 11.2. The van der Waals surface area contributed by atoms with E-state index in [1.165, 1.54) is 16.7 Å². The van der Waals surface area contributed by atoms with Gasteiger partial charge in [0, 0.05) is 13.2 Å². The molecule has 0 bridgehead atoms. The van der Waals surface area contributed by atoms with Crippen molar-refractivity contribution in [3.63, 3.8) is 0 Å². The number of aromatic nitrogens is 1. The van der Waals surface area contributed by atoms with E-state index in [9.17, 15) is 9.18 Å². The number of hydrogen-bond donors (Lipinski definition) is 0. The highest BCUT2D eigenvalue weighted by molar-refractivity contribution is 5.85. The van der Waals surface area contributed by atoms with Crippen LogP contribution in [0.1, 0.15) is 32.8 Å². The van der Waals surface area contributed by atoms with E-state index in [0.717, 1.165) is 17.4 Å². The highest BCUT2D eigenvalue weighted by Gasteiger charge is 2.22. The first-order valence-corrected chi connectivity index (χ1v) is 6.16. The van der Waals surface area contributed by atoms with E-state index in [-0.39, 0.29) is 16.8 Å². The summed E-state index contributed by atoms with van der Waals surface area (Å²) < 4.78 is 14.8. The van der Waals surface area contributed by atoms with Crippen LogP contribution in [0.5, 0.6) is 0 Å². The Hall–Kier alpha value is -1.64. The normalized spacial score (nSPS) is 12.1. The second-order valence-corrected chi connectivity index (χ2v) is 5.39. The maximum atomic E-state index is 13.3. The second kappa shape index (κ2) is 4.23. The van der Waals surface area contributed by atoms with Crippen LogP contribution in [-0.2, 0) is 12.5 Å². The van der Waals surface area contributed by atoms with Gasteiger partial charge in [-0.2, -0.15) is 0 Å². The molecule has 1 aromatic carbocycles. The molecule has 1 heterocycles. The molecule has 2 rings (SSSR count). The van der Waals surface area contributed by atoms with Gasteiger partial charge in [-0.05, 0) is 34.9 Å². The molecule has 0 aliphatic heterocycles. The summed E-state index contributed by atoms with van der Waals surface area (Å²) in [6.45, 7) is 6.38. The molecule has 96 valence electrons. The average Bonchev–Trinajstić information content (AvgIpc) is 2.34. The third-order valence-electron chi connectivity index (χ3n) is 3.76. The van der Waals surface area contributed by atoms with Crippen molar-refractivity contribution in [2.45, 2.75) is 32.6 Å². The Balaban J connectivity index is 2.92. The summed E-state index contributed by atoms with van der Waals surface area (Å²) in [6, 6.07) is 4.45. The lowest BCUT2D eigenvalue weighted by atomic mass is 9.81. The number of aryl methyl sites for hydroxylation is 1. The Morgan fingerprint density at radius 3 is 2.56 bits per heavy atom. The second-order valence-electron chi connectivity index (χ2n) is 5.39. The SMILES string of the molecule is CCC(C)(C)c1cn(C)c(=O)c2cc(F)ccc12. The van der Waals surface area contributed by atoms with Gasteiger partial charge in [0.15, 0.2) is 0 Å². The lowest BCUT2D eigenvalue weighted by Gasteiger charge is -2.25. The maximum absolute atomic E-state index is 13.3. The van der Waals surface area contributed by atoms with Crippen molar-refractivity contribution < 1.29 is 4.39 Å². The Bertz CT molecular complexity index is 655. The Morgan fingerprint density at radius 2 is 1.94 bits per heavy atom. The van der Waals surface area contributed by atoms with Crippen molar-refractivity contribution in [1.29, 1.82) is 0 Å². The number of rotatable bonds is 2. The van der Waals surface area contributed by atoms with Crippen LogP contribution in [0.15, 0.2) is 29.2 Å². The van der Waals surface area contributed by atoms with E-state index in [1.807, 2.05) is 6.20 Å². The van der Waals surface area contributed by atoms with Crippen molar-refractivity contribution >= 4 is 10.8 Å². The van der Waals surface area contributed by atoms with Gasteiger partial charge in [-0.25, -0.2) is 4.39 Å². The van der Waals surface area contributed by atoms with Gasteiger partial charge in [-0.1, -0.05) is 26.8 Å². The Labute approximate surface area is 106 Å². The first-order chi connectivity index (χ1) is 8.36. The highest BCUT2D eigenvalue weighted by atomic mass is 19.1. The van der Waals surface area contributed by atoms with Crippen molar-refractivity contribution in [3.8, 4) is 0 Å². The molecule has 0 N–H and O–H groups in total. The number of benzene rings is 1. The van der Waals surface area contributed by atoms with Gasteiger partial charge in [0.05, 0.1) is 5.39 Å². The van der Waals surface area contributed by atoms with Crippen molar-refractivity contribution in [2.75, 3.05) is 0 Å². The van der Waals surface area contributed by atoms with Gasteiger partial charge in [0.2, 0.25) is 0 Å². The number of pyridine rings is 1.